The third kappa shape index (κ3) is 10.3. The lowest BCUT2D eigenvalue weighted by atomic mass is 10.1. The second kappa shape index (κ2) is 13.3. The molecule has 1 aromatic carbocycles. The summed E-state index contributed by atoms with van der Waals surface area (Å²) in [5, 5.41) is 21.0. The maximum absolute atomic E-state index is 12.8. The van der Waals surface area contributed by atoms with Crippen LogP contribution in [0, 0.1) is 0 Å². The minimum Gasteiger partial charge on any atom is -0.394 e. The molecule has 27 heavy (non-hydrogen) atoms. The number of nitrogens with one attached hydrogen (secondary N) is 1. The van der Waals surface area contributed by atoms with Crippen LogP contribution in [-0.2, 0) is 36.1 Å². The predicted molar refractivity (Wildman–Crippen MR) is 105 cm³/mol. The first-order valence-electron chi connectivity index (χ1n) is 8.53. The van der Waals surface area contributed by atoms with Gasteiger partial charge < -0.3 is 20.3 Å². The van der Waals surface area contributed by atoms with Gasteiger partial charge >= 0.3 is 6.80 Å². The van der Waals surface area contributed by atoms with Crippen molar-refractivity contribution in [2.45, 2.75) is 26.0 Å². The normalized spacial score (nSPS) is 14.5. The predicted octanol–water partition coefficient (Wildman–Crippen LogP) is 1.74. The highest BCUT2D eigenvalue weighted by atomic mass is 32.7. The molecule has 0 heterocycles. The van der Waals surface area contributed by atoms with Crippen molar-refractivity contribution in [1.82, 2.24) is 5.32 Å². The molecule has 1 rings (SSSR count). The van der Waals surface area contributed by atoms with E-state index < -0.39 is 12.9 Å². The summed E-state index contributed by atoms with van der Waals surface area (Å²) < 4.78 is 28.4. The largest absolute Gasteiger partial charge is 0.394 e. The zero-order valence-electron chi connectivity index (χ0n) is 15.6. The SMILES string of the molecule is COCC(CO)OP(=O)(OCCO)SCCc1cccc(CNC(C)=O)c1. The monoisotopic (exact) mass is 421 g/mol. The van der Waals surface area contributed by atoms with Crippen molar-refractivity contribution in [3.63, 3.8) is 0 Å². The fraction of sp³-hybridized carbons (Fsp3) is 0.588. The summed E-state index contributed by atoms with van der Waals surface area (Å²) in [6, 6.07) is 7.73. The van der Waals surface area contributed by atoms with Crippen molar-refractivity contribution in [2.24, 2.45) is 0 Å². The number of hydrogen-bond acceptors (Lipinski definition) is 8. The standard InChI is InChI=1S/C17H28NO7PS/c1-14(21)18-11-16-5-3-4-15(10-16)6-9-27-26(22,24-8-7-19)25-17(12-20)13-23-2/h3-5,10,17,19-20H,6-9,11-13H2,1-2H3,(H,18,21). The number of hydrogen-bond donors (Lipinski definition) is 3. The maximum atomic E-state index is 12.8. The third-order valence-corrected chi connectivity index (χ3v) is 7.18. The van der Waals surface area contributed by atoms with E-state index in [4.69, 9.17) is 18.9 Å². The van der Waals surface area contributed by atoms with Crippen molar-refractivity contribution in [3.05, 3.63) is 35.4 Å². The summed E-state index contributed by atoms with van der Waals surface area (Å²) in [7, 11) is 1.45. The maximum Gasteiger partial charge on any atom is 0.389 e. The molecule has 2 atom stereocenters. The molecule has 0 fully saturated rings. The van der Waals surface area contributed by atoms with E-state index in [1.54, 1.807) is 0 Å². The summed E-state index contributed by atoms with van der Waals surface area (Å²) in [4.78, 5) is 11.0. The molecule has 0 saturated carbocycles. The molecule has 1 amide bonds. The summed E-state index contributed by atoms with van der Waals surface area (Å²) >= 11 is 1.02. The van der Waals surface area contributed by atoms with Crippen LogP contribution in [-0.4, -0.2) is 61.5 Å². The molecule has 0 aliphatic heterocycles. The summed E-state index contributed by atoms with van der Waals surface area (Å²) in [6.07, 6.45) is -0.157. The summed E-state index contributed by atoms with van der Waals surface area (Å²) in [5.41, 5.74) is 2.00. The number of amides is 1. The van der Waals surface area contributed by atoms with Crippen LogP contribution in [0.4, 0.5) is 0 Å². The third-order valence-electron chi connectivity index (χ3n) is 3.35. The van der Waals surface area contributed by atoms with Gasteiger partial charge in [-0.3, -0.25) is 13.8 Å². The molecular formula is C17H28NO7PS. The quantitative estimate of drug-likeness (QED) is 0.389. The fourth-order valence-electron chi connectivity index (χ4n) is 2.13. The minimum absolute atomic E-state index is 0.0781. The number of aliphatic hydroxyl groups excluding tert-OH is 2. The van der Waals surface area contributed by atoms with Crippen LogP contribution in [0.15, 0.2) is 24.3 Å². The lowest BCUT2D eigenvalue weighted by Gasteiger charge is -2.22. The van der Waals surface area contributed by atoms with E-state index >= 15 is 0 Å². The number of carbonyl (C=O) groups is 1. The molecule has 10 heteroatoms. The molecule has 0 saturated heterocycles. The molecule has 154 valence electrons. The molecule has 8 nitrogen and oxygen atoms in total. The zero-order valence-corrected chi connectivity index (χ0v) is 17.3. The number of benzene rings is 1. The minimum atomic E-state index is -3.55. The highest BCUT2D eigenvalue weighted by Crippen LogP contribution is 2.61. The van der Waals surface area contributed by atoms with Crippen molar-refractivity contribution < 1.29 is 33.4 Å². The molecular weight excluding hydrogens is 393 g/mol. The van der Waals surface area contributed by atoms with E-state index in [1.165, 1.54) is 14.0 Å². The first-order chi connectivity index (χ1) is 12.9. The second-order valence-corrected chi connectivity index (χ2v) is 9.83. The van der Waals surface area contributed by atoms with Crippen molar-refractivity contribution >= 4 is 24.1 Å². The molecule has 0 aliphatic rings. The molecule has 0 spiro atoms. The summed E-state index contributed by atoms with van der Waals surface area (Å²) in [5.74, 6) is 0.363. The zero-order chi connectivity index (χ0) is 20.1. The molecule has 0 bridgehead atoms. The van der Waals surface area contributed by atoms with E-state index in [1.807, 2.05) is 24.3 Å². The van der Waals surface area contributed by atoms with Crippen LogP contribution < -0.4 is 5.32 Å². The van der Waals surface area contributed by atoms with Crippen molar-refractivity contribution in [1.29, 1.82) is 0 Å². The van der Waals surface area contributed by atoms with Gasteiger partial charge in [-0.1, -0.05) is 24.3 Å². The first-order valence-corrected chi connectivity index (χ1v) is 11.7. The van der Waals surface area contributed by atoms with Crippen LogP contribution in [0.3, 0.4) is 0 Å². The second-order valence-electron chi connectivity index (χ2n) is 5.68. The van der Waals surface area contributed by atoms with Crippen LogP contribution in [0.1, 0.15) is 18.1 Å². The van der Waals surface area contributed by atoms with Crippen LogP contribution in [0.2, 0.25) is 0 Å². The van der Waals surface area contributed by atoms with Crippen molar-refractivity contribution in [2.75, 3.05) is 39.3 Å². The average Bonchev–Trinajstić information content (AvgIpc) is 2.65. The lowest BCUT2D eigenvalue weighted by molar-refractivity contribution is -0.119. The Morgan fingerprint density at radius 3 is 2.70 bits per heavy atom. The summed E-state index contributed by atoms with van der Waals surface area (Å²) in [6.45, 7) is -2.32. The Morgan fingerprint density at radius 2 is 2.07 bits per heavy atom. The molecule has 2 unspecified atom stereocenters. The van der Waals surface area contributed by atoms with Gasteiger partial charge in [-0.15, -0.1) is 0 Å². The molecule has 1 aromatic rings. The number of carbonyl (C=O) groups excluding carboxylic acids is 1. The van der Waals surface area contributed by atoms with Gasteiger partial charge in [0.25, 0.3) is 0 Å². The Morgan fingerprint density at radius 1 is 1.33 bits per heavy atom. The average molecular weight is 421 g/mol. The fourth-order valence-corrected chi connectivity index (χ4v) is 5.62. The van der Waals surface area contributed by atoms with Gasteiger partial charge in [0.15, 0.2) is 0 Å². The molecule has 0 aromatic heterocycles. The van der Waals surface area contributed by atoms with E-state index in [0.29, 0.717) is 18.7 Å². The van der Waals surface area contributed by atoms with Gasteiger partial charge in [0.05, 0.1) is 26.4 Å². The van der Waals surface area contributed by atoms with Gasteiger partial charge in [0.2, 0.25) is 5.91 Å². The van der Waals surface area contributed by atoms with Gasteiger partial charge in [0, 0.05) is 26.3 Å². The van der Waals surface area contributed by atoms with Crippen LogP contribution in [0.5, 0.6) is 0 Å². The number of aliphatic hydroxyl groups is 2. The molecule has 0 radical (unpaired) electrons. The molecule has 3 N–H and O–H groups in total. The van der Waals surface area contributed by atoms with Crippen molar-refractivity contribution in [3.8, 4) is 0 Å². The lowest BCUT2D eigenvalue weighted by Crippen LogP contribution is -2.22. The highest BCUT2D eigenvalue weighted by Gasteiger charge is 2.29. The highest BCUT2D eigenvalue weighted by molar-refractivity contribution is 8.55. The van der Waals surface area contributed by atoms with Crippen LogP contribution in [0.25, 0.3) is 0 Å². The smallest absolute Gasteiger partial charge is 0.389 e. The number of ether oxygens (including phenoxy) is 1. The van der Waals surface area contributed by atoms with Gasteiger partial charge in [-0.2, -0.15) is 0 Å². The van der Waals surface area contributed by atoms with Gasteiger partial charge in [0.1, 0.15) is 6.10 Å². The van der Waals surface area contributed by atoms with E-state index in [9.17, 15) is 14.5 Å². The Kier molecular flexibility index (Phi) is 11.9. The van der Waals surface area contributed by atoms with E-state index in [2.05, 4.69) is 5.32 Å². The van der Waals surface area contributed by atoms with E-state index in [0.717, 1.165) is 22.5 Å². The Bertz CT molecular complexity index is 617. The van der Waals surface area contributed by atoms with Crippen LogP contribution >= 0.6 is 18.2 Å². The topological polar surface area (TPSA) is 114 Å². The first kappa shape index (κ1) is 24.1. The van der Waals surface area contributed by atoms with Gasteiger partial charge in [-0.25, -0.2) is 4.57 Å². The Labute approximate surface area is 163 Å². The number of methoxy groups -OCH3 is 1. The number of aryl methyl sites for hydroxylation is 1. The molecule has 0 aliphatic carbocycles. The van der Waals surface area contributed by atoms with E-state index in [-0.39, 0.29) is 32.3 Å². The van der Waals surface area contributed by atoms with Gasteiger partial charge in [-0.05, 0) is 28.9 Å². The number of rotatable bonds is 14. The Balaban J connectivity index is 2.63. The Hall–Kier alpha value is -0.930.